The molecule has 2 rings (SSSR count). The summed E-state index contributed by atoms with van der Waals surface area (Å²) in [5, 5.41) is 14.1. The first-order valence-corrected chi connectivity index (χ1v) is 7.41. The van der Waals surface area contributed by atoms with Crippen molar-refractivity contribution in [1.82, 2.24) is 10.6 Å². The Hall–Kier alpha value is -2.22. The number of rotatable bonds is 5. The monoisotopic (exact) mass is 344 g/mol. The third kappa shape index (κ3) is 4.64. The molecule has 0 fully saturated rings. The number of hydrogen-bond donors (Lipinski definition) is 3. The van der Waals surface area contributed by atoms with Crippen LogP contribution >= 0.6 is 0 Å². The van der Waals surface area contributed by atoms with Gasteiger partial charge in [0.05, 0.1) is 12.7 Å². The van der Waals surface area contributed by atoms with Crippen LogP contribution in [0.1, 0.15) is 17.5 Å². The highest BCUT2D eigenvalue weighted by Crippen LogP contribution is 2.34. The molecule has 1 aromatic rings. The average Bonchev–Trinajstić information content (AvgIpc) is 2.99. The van der Waals surface area contributed by atoms with E-state index in [2.05, 4.69) is 10.6 Å². The minimum Gasteiger partial charge on any atom is -0.497 e. The molecule has 8 heteroatoms. The summed E-state index contributed by atoms with van der Waals surface area (Å²) >= 11 is 0. The molecule has 0 aromatic heterocycles. The minimum atomic E-state index is -4.54. The van der Waals surface area contributed by atoms with E-state index in [0.29, 0.717) is 6.42 Å². The van der Waals surface area contributed by atoms with Crippen molar-refractivity contribution in [1.29, 1.82) is 0 Å². The predicted octanol–water partition coefficient (Wildman–Crippen LogP) is 2.45. The first-order chi connectivity index (χ1) is 11.3. The number of carbonyl (C=O) groups excluding carboxylic acids is 1. The Morgan fingerprint density at radius 3 is 2.71 bits per heavy atom. The number of hydrogen-bond acceptors (Lipinski definition) is 3. The number of carbonyl (C=O) groups is 1. The summed E-state index contributed by atoms with van der Waals surface area (Å²) in [6.07, 6.45) is -0.407. The third-order valence-electron chi connectivity index (χ3n) is 3.79. The molecule has 2 atom stereocenters. The molecule has 1 aliphatic carbocycles. The third-order valence-corrected chi connectivity index (χ3v) is 3.79. The lowest BCUT2D eigenvalue weighted by Gasteiger charge is -2.16. The fourth-order valence-corrected chi connectivity index (χ4v) is 2.51. The van der Waals surface area contributed by atoms with Crippen molar-refractivity contribution in [3.05, 3.63) is 41.5 Å². The molecule has 0 spiro atoms. The maximum absolute atomic E-state index is 13.1. The molecule has 2 amide bonds. The van der Waals surface area contributed by atoms with Gasteiger partial charge in [-0.3, -0.25) is 0 Å². The van der Waals surface area contributed by atoms with Gasteiger partial charge in [0.2, 0.25) is 0 Å². The van der Waals surface area contributed by atoms with Crippen molar-refractivity contribution in [2.45, 2.75) is 25.2 Å². The molecule has 0 aliphatic heterocycles. The number of aliphatic hydroxyl groups is 1. The number of nitrogens with one attached hydrogen (secondary N) is 2. The maximum atomic E-state index is 13.1. The normalized spacial score (nSPS) is 20.0. The Balaban J connectivity index is 1.96. The highest BCUT2D eigenvalue weighted by Gasteiger charge is 2.33. The Labute approximate surface area is 137 Å². The largest absolute Gasteiger partial charge is 0.497 e. The zero-order valence-electron chi connectivity index (χ0n) is 13.1. The van der Waals surface area contributed by atoms with Gasteiger partial charge in [0, 0.05) is 25.1 Å². The maximum Gasteiger partial charge on any atom is 0.416 e. The summed E-state index contributed by atoms with van der Waals surface area (Å²) in [6, 6.07) is 2.79. The number of urea groups is 1. The summed E-state index contributed by atoms with van der Waals surface area (Å²) in [7, 11) is 1.29. The molecule has 0 saturated carbocycles. The number of ether oxygens (including phenoxy) is 1. The topological polar surface area (TPSA) is 70.6 Å². The number of halogens is 3. The summed E-state index contributed by atoms with van der Waals surface area (Å²) < 4.78 is 44.1. The quantitative estimate of drug-likeness (QED) is 0.719. The molecule has 1 aromatic carbocycles. The molecular weight excluding hydrogens is 325 g/mol. The van der Waals surface area contributed by atoms with E-state index in [-0.39, 0.29) is 36.4 Å². The van der Waals surface area contributed by atoms with E-state index in [1.165, 1.54) is 19.2 Å². The molecule has 0 heterocycles. The van der Waals surface area contributed by atoms with Crippen LogP contribution in [0.4, 0.5) is 18.0 Å². The van der Waals surface area contributed by atoms with Crippen LogP contribution in [0.25, 0.3) is 0 Å². The van der Waals surface area contributed by atoms with Crippen molar-refractivity contribution in [2.75, 3.05) is 13.7 Å². The van der Waals surface area contributed by atoms with Gasteiger partial charge in [0.15, 0.2) is 0 Å². The van der Waals surface area contributed by atoms with Crippen LogP contribution in [0, 0.1) is 5.92 Å². The number of benzene rings is 1. The van der Waals surface area contributed by atoms with Gasteiger partial charge in [0.1, 0.15) is 5.75 Å². The van der Waals surface area contributed by atoms with Crippen molar-refractivity contribution >= 4 is 6.03 Å². The van der Waals surface area contributed by atoms with Crippen LogP contribution in [0.2, 0.25) is 0 Å². The number of alkyl halides is 3. The molecule has 24 heavy (non-hydrogen) atoms. The first-order valence-electron chi connectivity index (χ1n) is 7.41. The molecule has 1 aliphatic rings. The van der Waals surface area contributed by atoms with E-state index in [1.54, 1.807) is 12.2 Å². The Kier molecular flexibility index (Phi) is 5.71. The highest BCUT2D eigenvalue weighted by atomic mass is 19.4. The van der Waals surface area contributed by atoms with Crippen molar-refractivity contribution in [2.24, 2.45) is 5.92 Å². The van der Waals surface area contributed by atoms with Gasteiger partial charge in [-0.25, -0.2) is 4.79 Å². The standard InChI is InChI=1S/C16H19F3N2O3/c1-24-13-5-3-11(14(7-13)16(17,18)19)8-20-15(23)21-12-4-2-10(6-12)9-22/h2-5,7,10,12,22H,6,8-9H2,1H3,(H2,20,21,23)/t10-,12+/m0/s1. The first kappa shape index (κ1) is 18.1. The Morgan fingerprint density at radius 1 is 1.38 bits per heavy atom. The second-order valence-electron chi connectivity index (χ2n) is 5.52. The van der Waals surface area contributed by atoms with E-state index in [4.69, 9.17) is 9.84 Å². The van der Waals surface area contributed by atoms with Gasteiger partial charge in [-0.2, -0.15) is 13.2 Å². The lowest BCUT2D eigenvalue weighted by molar-refractivity contribution is -0.138. The second-order valence-corrected chi connectivity index (χ2v) is 5.52. The zero-order valence-corrected chi connectivity index (χ0v) is 13.1. The van der Waals surface area contributed by atoms with Gasteiger partial charge >= 0.3 is 12.2 Å². The van der Waals surface area contributed by atoms with E-state index in [0.717, 1.165) is 6.07 Å². The van der Waals surface area contributed by atoms with Crippen LogP contribution < -0.4 is 15.4 Å². The summed E-state index contributed by atoms with van der Waals surface area (Å²) in [6.45, 7) is -0.262. The molecule has 5 nitrogen and oxygen atoms in total. The van der Waals surface area contributed by atoms with E-state index in [1.807, 2.05) is 0 Å². The predicted molar refractivity (Wildman–Crippen MR) is 81.5 cm³/mol. The molecule has 0 bridgehead atoms. The van der Waals surface area contributed by atoms with Crippen LogP contribution in [0.5, 0.6) is 5.75 Å². The lowest BCUT2D eigenvalue weighted by atomic mass is 10.1. The van der Waals surface area contributed by atoms with Crippen LogP contribution in [-0.2, 0) is 12.7 Å². The fourth-order valence-electron chi connectivity index (χ4n) is 2.51. The van der Waals surface area contributed by atoms with Crippen molar-refractivity contribution in [3.63, 3.8) is 0 Å². The SMILES string of the molecule is COc1ccc(CNC(=O)N[C@@H]2C=C[C@H](CO)C2)c(C(F)(F)F)c1. The molecule has 3 N–H and O–H groups in total. The molecule has 0 radical (unpaired) electrons. The minimum absolute atomic E-state index is 0.00289. The van der Waals surface area contributed by atoms with Crippen LogP contribution in [0.15, 0.2) is 30.4 Å². The van der Waals surface area contributed by atoms with Gasteiger partial charge < -0.3 is 20.5 Å². The Morgan fingerprint density at radius 2 is 2.12 bits per heavy atom. The summed E-state index contributed by atoms with van der Waals surface area (Å²) in [4.78, 5) is 11.8. The van der Waals surface area contributed by atoms with E-state index in [9.17, 15) is 18.0 Å². The van der Waals surface area contributed by atoms with E-state index < -0.39 is 17.8 Å². The molecule has 0 unspecified atom stereocenters. The number of aliphatic hydroxyl groups excluding tert-OH is 1. The fraction of sp³-hybridized carbons (Fsp3) is 0.438. The van der Waals surface area contributed by atoms with Gasteiger partial charge in [0.25, 0.3) is 0 Å². The van der Waals surface area contributed by atoms with Gasteiger partial charge in [-0.05, 0) is 24.1 Å². The second kappa shape index (κ2) is 7.57. The van der Waals surface area contributed by atoms with Gasteiger partial charge in [-0.15, -0.1) is 0 Å². The smallest absolute Gasteiger partial charge is 0.416 e. The molecular formula is C16H19F3N2O3. The zero-order chi connectivity index (χ0) is 17.7. The van der Waals surface area contributed by atoms with Crippen LogP contribution in [-0.4, -0.2) is 30.9 Å². The van der Waals surface area contributed by atoms with Crippen molar-refractivity contribution in [3.8, 4) is 5.75 Å². The van der Waals surface area contributed by atoms with Crippen LogP contribution in [0.3, 0.4) is 0 Å². The molecule has 0 saturated heterocycles. The summed E-state index contributed by atoms with van der Waals surface area (Å²) in [5.74, 6) is 0.0929. The summed E-state index contributed by atoms with van der Waals surface area (Å²) in [5.41, 5.74) is -0.892. The number of methoxy groups -OCH3 is 1. The Bertz CT molecular complexity index is 617. The van der Waals surface area contributed by atoms with E-state index >= 15 is 0 Å². The van der Waals surface area contributed by atoms with Gasteiger partial charge in [-0.1, -0.05) is 18.2 Å². The lowest BCUT2D eigenvalue weighted by Crippen LogP contribution is -2.40. The average molecular weight is 344 g/mol. The highest BCUT2D eigenvalue weighted by molar-refractivity contribution is 5.74. The number of amides is 2. The molecule has 132 valence electrons. The van der Waals surface area contributed by atoms with Crippen molar-refractivity contribution < 1.29 is 27.8 Å².